The molecular weight excluding hydrogens is 172 g/mol. The van der Waals surface area contributed by atoms with Crippen LogP contribution in [0.2, 0.25) is 0 Å². The number of hydrogen-bond donors (Lipinski definition) is 1. The third-order valence-corrected chi connectivity index (χ3v) is 3.04. The van der Waals surface area contributed by atoms with E-state index in [1.165, 1.54) is 32.4 Å². The Labute approximate surface area is 88.8 Å². The maximum atomic E-state index is 5.85. The molecule has 1 aliphatic carbocycles. The summed E-state index contributed by atoms with van der Waals surface area (Å²) in [5.41, 5.74) is 5.85. The third-order valence-electron chi connectivity index (χ3n) is 3.04. The summed E-state index contributed by atoms with van der Waals surface area (Å²) in [6.45, 7) is 9.24. The van der Waals surface area contributed by atoms with Gasteiger partial charge in [0, 0.05) is 18.6 Å². The second-order valence-electron chi connectivity index (χ2n) is 5.00. The molecule has 0 radical (unpaired) electrons. The highest BCUT2D eigenvalue weighted by molar-refractivity contribution is 4.80. The highest BCUT2D eigenvalue weighted by Gasteiger charge is 2.26. The largest absolute Gasteiger partial charge is 0.328 e. The molecule has 2 heteroatoms. The van der Waals surface area contributed by atoms with Gasteiger partial charge in [-0.1, -0.05) is 6.92 Å². The molecule has 0 saturated heterocycles. The first-order chi connectivity index (χ1) is 6.63. The van der Waals surface area contributed by atoms with E-state index in [4.69, 9.17) is 5.73 Å². The lowest BCUT2D eigenvalue weighted by molar-refractivity contribution is 0.186. The van der Waals surface area contributed by atoms with Crippen LogP contribution in [0, 0.1) is 5.92 Å². The summed E-state index contributed by atoms with van der Waals surface area (Å²) < 4.78 is 0. The molecule has 0 aromatic heterocycles. The minimum atomic E-state index is 0.337. The van der Waals surface area contributed by atoms with E-state index in [-0.39, 0.29) is 0 Å². The van der Waals surface area contributed by atoms with Gasteiger partial charge in [0.15, 0.2) is 0 Å². The fraction of sp³-hybridized carbons (Fsp3) is 1.00. The lowest BCUT2D eigenvalue weighted by Gasteiger charge is -2.29. The molecule has 0 aromatic rings. The zero-order valence-electron chi connectivity index (χ0n) is 10.00. The van der Waals surface area contributed by atoms with E-state index in [0.717, 1.165) is 12.3 Å². The van der Waals surface area contributed by atoms with Crippen molar-refractivity contribution >= 4 is 0 Å². The SMILES string of the molecule is CCCN(CC1CC1)C(C)CC(C)N. The lowest BCUT2D eigenvalue weighted by atomic mass is 10.1. The molecule has 0 spiro atoms. The predicted molar refractivity (Wildman–Crippen MR) is 62.3 cm³/mol. The molecule has 84 valence electrons. The highest BCUT2D eigenvalue weighted by atomic mass is 15.2. The summed E-state index contributed by atoms with van der Waals surface area (Å²) in [6.07, 6.45) is 5.29. The van der Waals surface area contributed by atoms with E-state index in [9.17, 15) is 0 Å². The van der Waals surface area contributed by atoms with E-state index in [2.05, 4.69) is 25.7 Å². The minimum Gasteiger partial charge on any atom is -0.328 e. The smallest absolute Gasteiger partial charge is 0.00816 e. The van der Waals surface area contributed by atoms with Crippen LogP contribution in [0.1, 0.15) is 46.5 Å². The van der Waals surface area contributed by atoms with Crippen LogP contribution in [0.4, 0.5) is 0 Å². The van der Waals surface area contributed by atoms with Crippen molar-refractivity contribution in [3.05, 3.63) is 0 Å². The first-order valence-corrected chi connectivity index (χ1v) is 6.13. The molecule has 0 amide bonds. The first-order valence-electron chi connectivity index (χ1n) is 6.13. The lowest BCUT2D eigenvalue weighted by Crippen LogP contribution is -2.38. The molecule has 2 unspecified atom stereocenters. The quantitative estimate of drug-likeness (QED) is 0.680. The van der Waals surface area contributed by atoms with Gasteiger partial charge in [0.25, 0.3) is 0 Å². The monoisotopic (exact) mass is 198 g/mol. The van der Waals surface area contributed by atoms with Crippen LogP contribution < -0.4 is 5.73 Å². The van der Waals surface area contributed by atoms with Crippen molar-refractivity contribution in [2.45, 2.75) is 58.5 Å². The molecular formula is C12H26N2. The van der Waals surface area contributed by atoms with Crippen LogP contribution >= 0.6 is 0 Å². The van der Waals surface area contributed by atoms with Crippen LogP contribution in [0.25, 0.3) is 0 Å². The summed E-state index contributed by atoms with van der Waals surface area (Å²) in [6, 6.07) is 0.999. The van der Waals surface area contributed by atoms with E-state index < -0.39 is 0 Å². The second-order valence-corrected chi connectivity index (χ2v) is 5.00. The Balaban J connectivity index is 2.30. The van der Waals surface area contributed by atoms with Crippen LogP contribution in [0.15, 0.2) is 0 Å². The molecule has 2 N–H and O–H groups in total. The average Bonchev–Trinajstić information content (AvgIpc) is 2.86. The van der Waals surface area contributed by atoms with E-state index in [0.29, 0.717) is 12.1 Å². The van der Waals surface area contributed by atoms with Gasteiger partial charge in [0.2, 0.25) is 0 Å². The molecule has 0 heterocycles. The topological polar surface area (TPSA) is 29.3 Å². The summed E-state index contributed by atoms with van der Waals surface area (Å²) >= 11 is 0. The second kappa shape index (κ2) is 5.72. The molecule has 1 saturated carbocycles. The zero-order chi connectivity index (χ0) is 10.6. The Bertz CT molecular complexity index is 152. The van der Waals surface area contributed by atoms with Crippen molar-refractivity contribution in [1.29, 1.82) is 0 Å². The molecule has 1 rings (SSSR count). The molecule has 0 bridgehead atoms. The van der Waals surface area contributed by atoms with E-state index in [1.807, 2.05) is 0 Å². The van der Waals surface area contributed by atoms with Gasteiger partial charge < -0.3 is 10.6 Å². The average molecular weight is 198 g/mol. The van der Waals surface area contributed by atoms with Crippen molar-refractivity contribution in [2.75, 3.05) is 13.1 Å². The van der Waals surface area contributed by atoms with Crippen LogP contribution in [-0.2, 0) is 0 Å². The van der Waals surface area contributed by atoms with Gasteiger partial charge in [-0.2, -0.15) is 0 Å². The van der Waals surface area contributed by atoms with Crippen molar-refractivity contribution in [1.82, 2.24) is 4.90 Å². The summed E-state index contributed by atoms with van der Waals surface area (Å²) in [5.74, 6) is 0.997. The van der Waals surface area contributed by atoms with Crippen molar-refractivity contribution < 1.29 is 0 Å². The first kappa shape index (κ1) is 12.0. The molecule has 1 aliphatic rings. The molecule has 1 fully saturated rings. The van der Waals surface area contributed by atoms with Crippen LogP contribution in [-0.4, -0.2) is 30.1 Å². The fourth-order valence-corrected chi connectivity index (χ4v) is 2.10. The Kier molecular flexibility index (Phi) is 4.90. The number of hydrogen-bond acceptors (Lipinski definition) is 2. The van der Waals surface area contributed by atoms with E-state index >= 15 is 0 Å². The normalized spacial score (nSPS) is 21.2. The van der Waals surface area contributed by atoms with Crippen molar-refractivity contribution in [3.63, 3.8) is 0 Å². The molecule has 14 heavy (non-hydrogen) atoms. The fourth-order valence-electron chi connectivity index (χ4n) is 2.10. The minimum absolute atomic E-state index is 0.337. The number of nitrogens with two attached hydrogens (primary N) is 1. The Morgan fingerprint density at radius 2 is 2.00 bits per heavy atom. The van der Waals surface area contributed by atoms with Gasteiger partial charge in [-0.25, -0.2) is 0 Å². The van der Waals surface area contributed by atoms with Gasteiger partial charge in [0.1, 0.15) is 0 Å². The molecule has 0 aromatic carbocycles. The molecule has 2 atom stereocenters. The Morgan fingerprint density at radius 3 is 2.43 bits per heavy atom. The van der Waals surface area contributed by atoms with Gasteiger partial charge in [-0.05, 0) is 52.0 Å². The van der Waals surface area contributed by atoms with Crippen molar-refractivity contribution in [3.8, 4) is 0 Å². The molecule has 0 aliphatic heterocycles. The van der Waals surface area contributed by atoms with E-state index in [1.54, 1.807) is 0 Å². The van der Waals surface area contributed by atoms with Crippen LogP contribution in [0.5, 0.6) is 0 Å². The third kappa shape index (κ3) is 4.43. The Hall–Kier alpha value is -0.0800. The standard InChI is InChI=1S/C12H26N2/c1-4-7-14(9-12-5-6-12)11(3)8-10(2)13/h10-12H,4-9,13H2,1-3H3. The van der Waals surface area contributed by atoms with Gasteiger partial charge >= 0.3 is 0 Å². The van der Waals surface area contributed by atoms with Gasteiger partial charge in [-0.3, -0.25) is 0 Å². The maximum absolute atomic E-state index is 5.85. The number of rotatable bonds is 7. The summed E-state index contributed by atoms with van der Waals surface area (Å²) in [4.78, 5) is 2.63. The molecule has 2 nitrogen and oxygen atoms in total. The van der Waals surface area contributed by atoms with Gasteiger partial charge in [-0.15, -0.1) is 0 Å². The Morgan fingerprint density at radius 1 is 1.36 bits per heavy atom. The highest BCUT2D eigenvalue weighted by Crippen LogP contribution is 2.30. The predicted octanol–water partition coefficient (Wildman–Crippen LogP) is 2.23. The summed E-state index contributed by atoms with van der Waals surface area (Å²) in [5, 5.41) is 0. The summed E-state index contributed by atoms with van der Waals surface area (Å²) in [7, 11) is 0. The maximum Gasteiger partial charge on any atom is 0.00816 e. The van der Waals surface area contributed by atoms with Gasteiger partial charge in [0.05, 0.1) is 0 Å². The van der Waals surface area contributed by atoms with Crippen molar-refractivity contribution in [2.24, 2.45) is 11.7 Å². The zero-order valence-corrected chi connectivity index (χ0v) is 10.00. The number of nitrogens with zero attached hydrogens (tertiary/aromatic N) is 1. The van der Waals surface area contributed by atoms with Crippen LogP contribution in [0.3, 0.4) is 0 Å².